The topological polar surface area (TPSA) is 58.6 Å². The summed E-state index contributed by atoms with van der Waals surface area (Å²) < 4.78 is 60.6. The van der Waals surface area contributed by atoms with Gasteiger partial charge in [0.2, 0.25) is 0 Å². The third-order valence-electron chi connectivity index (χ3n) is 2.90. The first kappa shape index (κ1) is 19.9. The van der Waals surface area contributed by atoms with Gasteiger partial charge in [-0.2, -0.15) is 8.78 Å². The van der Waals surface area contributed by atoms with Crippen molar-refractivity contribution in [3.63, 3.8) is 0 Å². The number of rotatable bonds is 5. The summed E-state index contributed by atoms with van der Waals surface area (Å²) in [5.41, 5.74) is -0.374. The van der Waals surface area contributed by atoms with Crippen LogP contribution in [0.25, 0.3) is 0 Å². The zero-order valence-electron chi connectivity index (χ0n) is 12.4. The quantitative estimate of drug-likeness (QED) is 0.460. The largest absolute Gasteiger partial charge is 0.607 e. The number of hydrogen-bond donors (Lipinski definition) is 0. The maximum atomic E-state index is 13.4. The zero-order chi connectivity index (χ0) is 18.7. The van der Waals surface area contributed by atoms with E-state index in [9.17, 15) is 22.5 Å². The molecule has 1 unspecified atom stereocenters. The molecule has 0 heterocycles. The SMILES string of the molecule is COC(=O)c1c([S+]([O-])C(F)F)ccc(Oc2cc(F)cc(Cl)c2)c1Br. The fourth-order valence-electron chi connectivity index (χ4n) is 1.89. The zero-order valence-corrected chi connectivity index (χ0v) is 15.6. The molecule has 0 amide bonds. The Bertz CT molecular complexity index is 786. The van der Waals surface area contributed by atoms with E-state index in [0.717, 1.165) is 25.3 Å². The van der Waals surface area contributed by atoms with Crippen molar-refractivity contribution in [2.24, 2.45) is 0 Å². The average molecular weight is 458 g/mol. The van der Waals surface area contributed by atoms with E-state index in [2.05, 4.69) is 20.7 Å². The second-order valence-corrected chi connectivity index (χ2v) is 7.13. The number of ether oxygens (including phenoxy) is 2. The van der Waals surface area contributed by atoms with Crippen LogP contribution in [-0.2, 0) is 15.9 Å². The van der Waals surface area contributed by atoms with E-state index in [0.29, 0.717) is 0 Å². The van der Waals surface area contributed by atoms with Crippen molar-refractivity contribution in [2.45, 2.75) is 10.7 Å². The Hall–Kier alpha value is -1.42. The fraction of sp³-hybridized carbons (Fsp3) is 0.133. The van der Waals surface area contributed by atoms with Crippen LogP contribution in [0.15, 0.2) is 39.7 Å². The number of esters is 1. The summed E-state index contributed by atoms with van der Waals surface area (Å²) in [7, 11) is 1.05. The van der Waals surface area contributed by atoms with Crippen LogP contribution in [0.4, 0.5) is 13.2 Å². The molecule has 0 fully saturated rings. The van der Waals surface area contributed by atoms with Gasteiger partial charge >= 0.3 is 11.7 Å². The molecule has 0 bridgehead atoms. The third-order valence-corrected chi connectivity index (χ3v) is 5.00. The van der Waals surface area contributed by atoms with Crippen molar-refractivity contribution >= 4 is 44.7 Å². The summed E-state index contributed by atoms with van der Waals surface area (Å²) in [5.74, 6) is -4.81. The van der Waals surface area contributed by atoms with Crippen molar-refractivity contribution < 1.29 is 32.0 Å². The first-order valence-electron chi connectivity index (χ1n) is 6.48. The van der Waals surface area contributed by atoms with Gasteiger partial charge in [-0.05, 0) is 40.2 Å². The standard InChI is InChI=1S/C15H9BrClF3O4S/c1-23-14(21)12-11(25(22)15(19)20)3-2-10(13(12)16)24-9-5-7(17)4-8(18)6-9/h2-6,15H,1H3. The van der Waals surface area contributed by atoms with Gasteiger partial charge in [-0.1, -0.05) is 11.6 Å². The Morgan fingerprint density at radius 2 is 2.00 bits per heavy atom. The van der Waals surface area contributed by atoms with Gasteiger partial charge in [-0.15, -0.1) is 0 Å². The Morgan fingerprint density at radius 3 is 2.56 bits per heavy atom. The van der Waals surface area contributed by atoms with Gasteiger partial charge in [-0.25, -0.2) is 9.18 Å². The Morgan fingerprint density at radius 1 is 1.32 bits per heavy atom. The number of benzene rings is 2. The van der Waals surface area contributed by atoms with E-state index >= 15 is 0 Å². The van der Waals surface area contributed by atoms with E-state index in [1.165, 1.54) is 12.1 Å². The minimum atomic E-state index is -3.19. The van der Waals surface area contributed by atoms with Gasteiger partial charge in [0.25, 0.3) is 0 Å². The lowest BCUT2D eigenvalue weighted by atomic mass is 10.2. The molecule has 0 spiro atoms. The molecule has 1 atom stereocenters. The Labute approximate surface area is 157 Å². The summed E-state index contributed by atoms with van der Waals surface area (Å²) in [6, 6.07) is 5.69. The van der Waals surface area contributed by atoms with Crippen LogP contribution in [0, 0.1) is 5.82 Å². The van der Waals surface area contributed by atoms with Crippen LogP contribution in [0.2, 0.25) is 5.02 Å². The molecule has 2 rings (SSSR count). The molecule has 0 saturated heterocycles. The van der Waals surface area contributed by atoms with Crippen molar-refractivity contribution in [3.05, 3.63) is 51.2 Å². The van der Waals surface area contributed by atoms with Crippen molar-refractivity contribution in [1.82, 2.24) is 0 Å². The normalized spacial score (nSPS) is 12.2. The average Bonchev–Trinajstić information content (AvgIpc) is 2.54. The first-order valence-corrected chi connectivity index (χ1v) is 8.86. The minimum absolute atomic E-state index is 0.00270. The molecule has 25 heavy (non-hydrogen) atoms. The predicted molar refractivity (Wildman–Crippen MR) is 89.4 cm³/mol. The lowest BCUT2D eigenvalue weighted by Crippen LogP contribution is -2.17. The molecule has 0 radical (unpaired) electrons. The number of halogens is 5. The fourth-order valence-corrected chi connectivity index (χ4v) is 3.60. The van der Waals surface area contributed by atoms with Gasteiger partial charge < -0.3 is 14.0 Å². The Balaban J connectivity index is 2.52. The molecule has 0 aliphatic rings. The maximum Gasteiger partial charge on any atom is 0.402 e. The highest BCUT2D eigenvalue weighted by molar-refractivity contribution is 9.10. The molecular weight excluding hydrogens is 449 g/mol. The van der Waals surface area contributed by atoms with Crippen LogP contribution in [0.3, 0.4) is 0 Å². The van der Waals surface area contributed by atoms with E-state index in [4.69, 9.17) is 16.3 Å². The molecule has 2 aromatic carbocycles. The highest BCUT2D eigenvalue weighted by Crippen LogP contribution is 2.38. The van der Waals surface area contributed by atoms with Gasteiger partial charge in [0.1, 0.15) is 22.9 Å². The van der Waals surface area contributed by atoms with Gasteiger partial charge in [-0.3, -0.25) is 0 Å². The molecule has 2 aromatic rings. The molecule has 4 nitrogen and oxygen atoms in total. The van der Waals surface area contributed by atoms with Crippen molar-refractivity contribution in [1.29, 1.82) is 0 Å². The molecule has 0 aromatic heterocycles. The highest BCUT2D eigenvalue weighted by atomic mass is 79.9. The van der Waals surface area contributed by atoms with Crippen LogP contribution in [0.5, 0.6) is 11.5 Å². The molecular formula is C15H9BrClF3O4S. The first-order chi connectivity index (χ1) is 11.7. The number of hydrogen-bond acceptors (Lipinski definition) is 4. The number of carbonyl (C=O) groups excluding carboxylic acids is 1. The van der Waals surface area contributed by atoms with Gasteiger partial charge in [0.05, 0.1) is 22.8 Å². The van der Waals surface area contributed by atoms with E-state index < -0.39 is 33.6 Å². The van der Waals surface area contributed by atoms with Crippen LogP contribution >= 0.6 is 27.5 Å². The maximum absolute atomic E-state index is 13.4. The minimum Gasteiger partial charge on any atom is -0.607 e. The predicted octanol–water partition coefficient (Wildman–Crippen LogP) is 5.15. The van der Waals surface area contributed by atoms with E-state index in [1.807, 2.05) is 0 Å². The molecule has 10 heteroatoms. The van der Waals surface area contributed by atoms with E-state index in [-0.39, 0.29) is 26.6 Å². The molecule has 0 saturated carbocycles. The summed E-state index contributed by atoms with van der Waals surface area (Å²) in [6.45, 7) is 0. The van der Waals surface area contributed by atoms with E-state index in [1.54, 1.807) is 0 Å². The summed E-state index contributed by atoms with van der Waals surface area (Å²) in [4.78, 5) is 11.5. The van der Waals surface area contributed by atoms with Crippen LogP contribution in [0.1, 0.15) is 10.4 Å². The second-order valence-electron chi connectivity index (χ2n) is 4.51. The Kier molecular flexibility index (Phi) is 6.61. The van der Waals surface area contributed by atoms with Gasteiger partial charge in [0, 0.05) is 11.1 Å². The van der Waals surface area contributed by atoms with Crippen molar-refractivity contribution in [2.75, 3.05) is 7.11 Å². The highest BCUT2D eigenvalue weighted by Gasteiger charge is 2.32. The molecule has 134 valence electrons. The monoisotopic (exact) mass is 456 g/mol. The van der Waals surface area contributed by atoms with Crippen LogP contribution < -0.4 is 4.74 Å². The summed E-state index contributed by atoms with van der Waals surface area (Å²) >= 11 is 6.04. The second kappa shape index (κ2) is 8.31. The van der Waals surface area contributed by atoms with Crippen LogP contribution in [-0.4, -0.2) is 23.4 Å². The molecule has 0 N–H and O–H groups in total. The third kappa shape index (κ3) is 4.60. The molecule has 0 aliphatic heterocycles. The summed E-state index contributed by atoms with van der Waals surface area (Å²) in [5, 5.41) is 0.0785. The lowest BCUT2D eigenvalue weighted by molar-refractivity contribution is 0.0594. The smallest absolute Gasteiger partial charge is 0.402 e. The number of methoxy groups -OCH3 is 1. The van der Waals surface area contributed by atoms with Crippen molar-refractivity contribution in [3.8, 4) is 11.5 Å². The molecule has 0 aliphatic carbocycles. The van der Waals surface area contributed by atoms with Gasteiger partial charge in [0.15, 0.2) is 4.90 Å². The number of alkyl halides is 2. The summed E-state index contributed by atoms with van der Waals surface area (Å²) in [6.07, 6.45) is 0. The lowest BCUT2D eigenvalue weighted by Gasteiger charge is -2.16. The number of carbonyl (C=O) groups is 1.